The first-order valence-electron chi connectivity index (χ1n) is 7.08. The summed E-state index contributed by atoms with van der Waals surface area (Å²) in [5.41, 5.74) is -0.293. The zero-order valence-corrected chi connectivity index (χ0v) is 13.4. The number of likely N-dealkylation sites (tertiary alicyclic amines) is 1. The Kier molecular flexibility index (Phi) is 4.33. The summed E-state index contributed by atoms with van der Waals surface area (Å²) in [5.74, 6) is -0.942. The maximum absolute atomic E-state index is 12.6. The van der Waals surface area contributed by atoms with E-state index in [1.807, 2.05) is 0 Å². The Bertz CT molecular complexity index is 565. The second-order valence-corrected chi connectivity index (χ2v) is 6.71. The average molecular weight is 313 g/mol. The van der Waals surface area contributed by atoms with Crippen LogP contribution in [0.2, 0.25) is 5.02 Å². The van der Waals surface area contributed by atoms with E-state index in [-0.39, 0.29) is 11.8 Å². The van der Waals surface area contributed by atoms with Crippen LogP contribution in [-0.4, -0.2) is 39.5 Å². The van der Waals surface area contributed by atoms with Crippen LogP contribution < -0.4 is 0 Å². The molecule has 1 amide bonds. The molecule has 0 bridgehead atoms. The van der Waals surface area contributed by atoms with E-state index in [1.54, 1.807) is 42.6 Å². The molecule has 0 aromatic carbocycles. The van der Waals surface area contributed by atoms with Gasteiger partial charge in [0.1, 0.15) is 5.69 Å². The van der Waals surface area contributed by atoms with Crippen LogP contribution in [0.1, 0.15) is 37.2 Å². The number of carboxylic acids is 1. The predicted molar refractivity (Wildman–Crippen MR) is 80.5 cm³/mol. The van der Waals surface area contributed by atoms with Crippen LogP contribution in [0.15, 0.2) is 12.3 Å². The van der Waals surface area contributed by atoms with Crippen molar-refractivity contribution in [2.24, 2.45) is 18.4 Å². The number of amides is 1. The number of rotatable bonds is 3. The van der Waals surface area contributed by atoms with Gasteiger partial charge in [0.15, 0.2) is 0 Å². The van der Waals surface area contributed by atoms with Gasteiger partial charge in [0.25, 0.3) is 5.91 Å². The van der Waals surface area contributed by atoms with Gasteiger partial charge in [-0.3, -0.25) is 9.59 Å². The summed E-state index contributed by atoms with van der Waals surface area (Å²) in [7, 11) is 1.78. The molecule has 5 nitrogen and oxygen atoms in total. The van der Waals surface area contributed by atoms with Crippen molar-refractivity contribution >= 4 is 23.5 Å². The smallest absolute Gasteiger partial charge is 0.309 e. The fourth-order valence-electron chi connectivity index (χ4n) is 2.82. The molecule has 1 saturated heterocycles. The van der Waals surface area contributed by atoms with Gasteiger partial charge in [0.05, 0.1) is 10.4 Å². The molecular weight excluding hydrogens is 292 g/mol. The number of hydrogen-bond acceptors (Lipinski definition) is 2. The first-order valence-corrected chi connectivity index (χ1v) is 7.46. The van der Waals surface area contributed by atoms with Crippen molar-refractivity contribution in [3.8, 4) is 0 Å². The number of piperidine rings is 1. The van der Waals surface area contributed by atoms with Crippen LogP contribution in [0.25, 0.3) is 0 Å². The molecule has 0 radical (unpaired) electrons. The Balaban J connectivity index is 2.16. The summed E-state index contributed by atoms with van der Waals surface area (Å²) in [4.78, 5) is 25.7. The highest BCUT2D eigenvalue weighted by molar-refractivity contribution is 6.31. The Labute approximate surface area is 129 Å². The molecule has 1 aromatic rings. The number of aryl methyl sites for hydroxylation is 1. The number of carboxylic acid groups (broad SMARTS) is 1. The van der Waals surface area contributed by atoms with Gasteiger partial charge in [-0.1, -0.05) is 11.6 Å². The molecule has 1 aliphatic rings. The lowest BCUT2D eigenvalue weighted by Crippen LogP contribution is -2.47. The third-order valence-electron chi connectivity index (χ3n) is 4.47. The van der Waals surface area contributed by atoms with E-state index in [0.717, 1.165) is 12.8 Å². The molecule has 116 valence electrons. The van der Waals surface area contributed by atoms with Gasteiger partial charge in [0, 0.05) is 26.3 Å². The first-order chi connectivity index (χ1) is 9.73. The summed E-state index contributed by atoms with van der Waals surface area (Å²) in [6.07, 6.45) is 3.35. The Morgan fingerprint density at radius 3 is 2.62 bits per heavy atom. The molecule has 1 fully saturated rings. The van der Waals surface area contributed by atoms with Crippen molar-refractivity contribution in [1.29, 1.82) is 0 Å². The molecule has 1 aliphatic heterocycles. The SMILES string of the molecule is Cn1cc(Cl)cc1C(=O)N1CCCC(C(C)(C)C(=O)O)C1. The zero-order valence-electron chi connectivity index (χ0n) is 12.6. The summed E-state index contributed by atoms with van der Waals surface area (Å²) in [5, 5.41) is 9.89. The minimum absolute atomic E-state index is 0.0385. The summed E-state index contributed by atoms with van der Waals surface area (Å²) >= 11 is 5.92. The lowest BCUT2D eigenvalue weighted by atomic mass is 9.74. The topological polar surface area (TPSA) is 62.5 Å². The van der Waals surface area contributed by atoms with Gasteiger partial charge in [0.2, 0.25) is 0 Å². The maximum atomic E-state index is 12.6. The van der Waals surface area contributed by atoms with Crippen LogP contribution >= 0.6 is 11.6 Å². The zero-order chi connectivity index (χ0) is 15.8. The first kappa shape index (κ1) is 15.9. The number of carbonyl (C=O) groups excluding carboxylic acids is 1. The van der Waals surface area contributed by atoms with Crippen LogP contribution in [0.3, 0.4) is 0 Å². The highest BCUT2D eigenvalue weighted by atomic mass is 35.5. The number of hydrogen-bond donors (Lipinski definition) is 1. The maximum Gasteiger partial charge on any atom is 0.309 e. The van der Waals surface area contributed by atoms with Crippen LogP contribution in [0, 0.1) is 11.3 Å². The van der Waals surface area contributed by atoms with Crippen molar-refractivity contribution in [3.63, 3.8) is 0 Å². The van der Waals surface area contributed by atoms with Gasteiger partial charge in [-0.15, -0.1) is 0 Å². The molecule has 1 N–H and O–H groups in total. The lowest BCUT2D eigenvalue weighted by molar-refractivity contribution is -0.151. The molecule has 21 heavy (non-hydrogen) atoms. The Morgan fingerprint density at radius 1 is 1.43 bits per heavy atom. The largest absolute Gasteiger partial charge is 0.481 e. The minimum Gasteiger partial charge on any atom is -0.481 e. The molecule has 2 rings (SSSR count). The summed E-state index contributed by atoms with van der Waals surface area (Å²) in [6.45, 7) is 4.59. The molecule has 1 unspecified atom stereocenters. The molecule has 1 atom stereocenters. The molecule has 0 spiro atoms. The Hall–Kier alpha value is -1.49. The molecule has 1 aromatic heterocycles. The molecular formula is C15H21ClN2O3. The molecule has 0 saturated carbocycles. The Morgan fingerprint density at radius 2 is 2.10 bits per heavy atom. The number of aliphatic carboxylic acids is 1. The van der Waals surface area contributed by atoms with E-state index in [2.05, 4.69) is 0 Å². The highest BCUT2D eigenvalue weighted by Gasteiger charge is 2.40. The van der Waals surface area contributed by atoms with Crippen molar-refractivity contribution in [2.75, 3.05) is 13.1 Å². The van der Waals surface area contributed by atoms with Crippen LogP contribution in [0.5, 0.6) is 0 Å². The number of carbonyl (C=O) groups is 2. The third kappa shape index (κ3) is 3.07. The van der Waals surface area contributed by atoms with Crippen molar-refractivity contribution < 1.29 is 14.7 Å². The average Bonchev–Trinajstić information content (AvgIpc) is 2.76. The molecule has 2 heterocycles. The normalized spacial score (nSPS) is 19.6. The van der Waals surface area contributed by atoms with Gasteiger partial charge < -0.3 is 14.6 Å². The van der Waals surface area contributed by atoms with Gasteiger partial charge in [-0.05, 0) is 38.7 Å². The number of aromatic nitrogens is 1. The molecule has 0 aliphatic carbocycles. The lowest BCUT2D eigenvalue weighted by Gasteiger charge is -2.39. The van der Waals surface area contributed by atoms with Crippen LogP contribution in [0.4, 0.5) is 0 Å². The van der Waals surface area contributed by atoms with Gasteiger partial charge >= 0.3 is 5.97 Å². The number of nitrogens with zero attached hydrogens (tertiary/aromatic N) is 2. The minimum atomic E-state index is -0.829. The second-order valence-electron chi connectivity index (χ2n) is 6.27. The third-order valence-corrected chi connectivity index (χ3v) is 4.68. The summed E-state index contributed by atoms with van der Waals surface area (Å²) < 4.78 is 1.70. The summed E-state index contributed by atoms with van der Waals surface area (Å²) in [6, 6.07) is 1.65. The van der Waals surface area contributed by atoms with Crippen LogP contribution in [-0.2, 0) is 11.8 Å². The van der Waals surface area contributed by atoms with E-state index in [4.69, 9.17) is 11.6 Å². The standard InChI is InChI=1S/C15H21ClN2O3/c1-15(2,14(20)21)10-5-4-6-18(8-10)13(19)12-7-11(16)9-17(12)3/h7,9-10H,4-6,8H2,1-3H3,(H,20,21). The second kappa shape index (κ2) is 5.72. The van der Waals surface area contributed by atoms with E-state index in [1.165, 1.54) is 0 Å². The van der Waals surface area contributed by atoms with E-state index >= 15 is 0 Å². The van der Waals surface area contributed by atoms with Crippen molar-refractivity contribution in [2.45, 2.75) is 26.7 Å². The molecule has 6 heteroatoms. The predicted octanol–water partition coefficient (Wildman–Crippen LogP) is 2.64. The number of halogens is 1. The van der Waals surface area contributed by atoms with Gasteiger partial charge in [-0.2, -0.15) is 0 Å². The van der Waals surface area contributed by atoms with Crippen molar-refractivity contribution in [1.82, 2.24) is 9.47 Å². The fraction of sp³-hybridized carbons (Fsp3) is 0.600. The van der Waals surface area contributed by atoms with Crippen molar-refractivity contribution in [3.05, 3.63) is 23.0 Å². The monoisotopic (exact) mass is 312 g/mol. The fourth-order valence-corrected chi connectivity index (χ4v) is 3.07. The van der Waals surface area contributed by atoms with Gasteiger partial charge in [-0.25, -0.2) is 0 Å². The quantitative estimate of drug-likeness (QED) is 0.933. The van der Waals surface area contributed by atoms with E-state index in [0.29, 0.717) is 23.8 Å². The van der Waals surface area contributed by atoms with E-state index < -0.39 is 11.4 Å². The highest BCUT2D eigenvalue weighted by Crippen LogP contribution is 2.34. The van der Waals surface area contributed by atoms with E-state index in [9.17, 15) is 14.7 Å².